The van der Waals surface area contributed by atoms with Crippen LogP contribution in [0.5, 0.6) is 0 Å². The quantitative estimate of drug-likeness (QED) is 0.775. The molecule has 0 saturated heterocycles. The van der Waals surface area contributed by atoms with E-state index in [2.05, 4.69) is 13.8 Å². The molecule has 1 nitrogen and oxygen atoms in total. The Bertz CT molecular complexity index is 260. The molecule has 0 bridgehead atoms. The summed E-state index contributed by atoms with van der Waals surface area (Å²) in [6.07, 6.45) is 2.02. The van der Waals surface area contributed by atoms with E-state index in [-0.39, 0.29) is 0 Å². The monoisotopic (exact) mass is 192 g/mol. The lowest BCUT2D eigenvalue weighted by Crippen LogP contribution is -2.30. The van der Waals surface area contributed by atoms with Gasteiger partial charge in [-0.2, -0.15) is 0 Å². The van der Waals surface area contributed by atoms with Crippen molar-refractivity contribution >= 4 is 0 Å². The zero-order valence-corrected chi connectivity index (χ0v) is 9.33. The van der Waals surface area contributed by atoms with Crippen molar-refractivity contribution < 1.29 is 5.11 Å². The Kier molecular flexibility index (Phi) is 3.70. The molecule has 0 radical (unpaired) electrons. The molecular formula is C13H20O. The summed E-state index contributed by atoms with van der Waals surface area (Å²) in [5.74, 6) is 0.338. The van der Waals surface area contributed by atoms with E-state index in [9.17, 15) is 5.11 Å². The summed E-state index contributed by atoms with van der Waals surface area (Å²) in [4.78, 5) is 0. The molecule has 1 heteroatoms. The van der Waals surface area contributed by atoms with E-state index in [4.69, 9.17) is 0 Å². The molecule has 1 rings (SSSR count). The summed E-state index contributed by atoms with van der Waals surface area (Å²) >= 11 is 0. The molecule has 0 aliphatic carbocycles. The first kappa shape index (κ1) is 11.3. The highest BCUT2D eigenvalue weighted by Crippen LogP contribution is 2.33. The van der Waals surface area contributed by atoms with Crippen molar-refractivity contribution in [2.45, 2.75) is 39.2 Å². The van der Waals surface area contributed by atoms with Crippen molar-refractivity contribution in [2.75, 3.05) is 0 Å². The number of benzene rings is 1. The fraction of sp³-hybridized carbons (Fsp3) is 0.538. The lowest BCUT2D eigenvalue weighted by molar-refractivity contribution is -0.00949. The molecule has 0 fully saturated rings. The fourth-order valence-electron chi connectivity index (χ4n) is 2.09. The lowest BCUT2D eigenvalue weighted by atomic mass is 9.80. The van der Waals surface area contributed by atoms with Gasteiger partial charge in [-0.15, -0.1) is 0 Å². The fourth-order valence-corrected chi connectivity index (χ4v) is 2.09. The van der Waals surface area contributed by atoms with Crippen molar-refractivity contribution in [1.29, 1.82) is 0 Å². The van der Waals surface area contributed by atoms with Crippen LogP contribution in [-0.2, 0) is 5.60 Å². The Labute approximate surface area is 86.8 Å². The van der Waals surface area contributed by atoms with Gasteiger partial charge in [0.25, 0.3) is 0 Å². The Morgan fingerprint density at radius 3 is 2.07 bits per heavy atom. The van der Waals surface area contributed by atoms with Crippen LogP contribution in [0.2, 0.25) is 0 Å². The normalized spacial score (nSPS) is 15.5. The molecule has 0 heterocycles. The summed E-state index contributed by atoms with van der Waals surface area (Å²) in [5.41, 5.74) is 0.332. The largest absolute Gasteiger partial charge is 0.385 e. The number of aliphatic hydroxyl groups is 1. The average molecular weight is 192 g/mol. The molecule has 0 aromatic heterocycles. The smallest absolute Gasteiger partial charge is 0.0896 e. The summed E-state index contributed by atoms with van der Waals surface area (Å²) in [7, 11) is 0. The van der Waals surface area contributed by atoms with E-state index in [0.29, 0.717) is 5.92 Å². The highest BCUT2D eigenvalue weighted by Gasteiger charge is 2.30. The standard InChI is InChI=1S/C13H20O/c1-4-11(5-2)13(3,14)12-9-7-6-8-10-12/h6-11,14H,4-5H2,1-3H3. The molecule has 1 atom stereocenters. The molecular weight excluding hydrogens is 172 g/mol. The van der Waals surface area contributed by atoms with Gasteiger partial charge in [0, 0.05) is 0 Å². The molecule has 1 aromatic rings. The van der Waals surface area contributed by atoms with Gasteiger partial charge in [-0.05, 0) is 18.4 Å². The van der Waals surface area contributed by atoms with Crippen LogP contribution in [0.15, 0.2) is 30.3 Å². The van der Waals surface area contributed by atoms with Crippen LogP contribution >= 0.6 is 0 Å². The van der Waals surface area contributed by atoms with E-state index in [0.717, 1.165) is 18.4 Å². The highest BCUT2D eigenvalue weighted by atomic mass is 16.3. The predicted molar refractivity (Wildman–Crippen MR) is 60.1 cm³/mol. The zero-order valence-electron chi connectivity index (χ0n) is 9.33. The molecule has 1 unspecified atom stereocenters. The maximum atomic E-state index is 10.4. The van der Waals surface area contributed by atoms with Gasteiger partial charge in [-0.1, -0.05) is 57.0 Å². The van der Waals surface area contributed by atoms with Crippen molar-refractivity contribution in [1.82, 2.24) is 0 Å². The van der Waals surface area contributed by atoms with Crippen LogP contribution in [0.3, 0.4) is 0 Å². The van der Waals surface area contributed by atoms with Gasteiger partial charge in [0.2, 0.25) is 0 Å². The number of rotatable bonds is 4. The molecule has 0 amide bonds. The maximum Gasteiger partial charge on any atom is 0.0896 e. The summed E-state index contributed by atoms with van der Waals surface area (Å²) in [6, 6.07) is 9.93. The highest BCUT2D eigenvalue weighted by molar-refractivity contribution is 5.22. The topological polar surface area (TPSA) is 20.2 Å². The first-order chi connectivity index (χ1) is 6.62. The molecule has 0 spiro atoms. The Hall–Kier alpha value is -0.820. The first-order valence-corrected chi connectivity index (χ1v) is 5.40. The number of hydrogen-bond donors (Lipinski definition) is 1. The van der Waals surface area contributed by atoms with Gasteiger partial charge in [0.15, 0.2) is 0 Å². The minimum absolute atomic E-state index is 0.338. The van der Waals surface area contributed by atoms with Gasteiger partial charge in [-0.3, -0.25) is 0 Å². The molecule has 78 valence electrons. The lowest BCUT2D eigenvalue weighted by Gasteiger charge is -2.32. The van der Waals surface area contributed by atoms with Gasteiger partial charge in [0.05, 0.1) is 5.60 Å². The minimum Gasteiger partial charge on any atom is -0.385 e. The van der Waals surface area contributed by atoms with E-state index >= 15 is 0 Å². The van der Waals surface area contributed by atoms with Crippen LogP contribution in [0.25, 0.3) is 0 Å². The van der Waals surface area contributed by atoms with E-state index < -0.39 is 5.60 Å². The second-order valence-electron chi connectivity index (χ2n) is 4.03. The van der Waals surface area contributed by atoms with Gasteiger partial charge in [-0.25, -0.2) is 0 Å². The SMILES string of the molecule is CCC(CC)C(C)(O)c1ccccc1. The van der Waals surface area contributed by atoms with E-state index in [1.54, 1.807) is 0 Å². The van der Waals surface area contributed by atoms with Gasteiger partial charge >= 0.3 is 0 Å². The van der Waals surface area contributed by atoms with E-state index in [1.165, 1.54) is 0 Å². The van der Waals surface area contributed by atoms with Crippen LogP contribution in [0.1, 0.15) is 39.2 Å². The van der Waals surface area contributed by atoms with Crippen LogP contribution < -0.4 is 0 Å². The van der Waals surface area contributed by atoms with Crippen molar-refractivity contribution in [2.24, 2.45) is 5.92 Å². The van der Waals surface area contributed by atoms with Gasteiger partial charge in [0.1, 0.15) is 0 Å². The summed E-state index contributed by atoms with van der Waals surface area (Å²) in [6.45, 7) is 6.18. The predicted octanol–water partition coefficient (Wildman–Crippen LogP) is 3.33. The van der Waals surface area contributed by atoms with Crippen molar-refractivity contribution in [3.8, 4) is 0 Å². The molecule has 0 saturated carbocycles. The van der Waals surface area contributed by atoms with Crippen molar-refractivity contribution in [3.05, 3.63) is 35.9 Å². The molecule has 1 aromatic carbocycles. The second-order valence-corrected chi connectivity index (χ2v) is 4.03. The van der Waals surface area contributed by atoms with Crippen LogP contribution in [-0.4, -0.2) is 5.11 Å². The zero-order chi connectivity index (χ0) is 10.6. The minimum atomic E-state index is -0.690. The maximum absolute atomic E-state index is 10.4. The second kappa shape index (κ2) is 4.61. The van der Waals surface area contributed by atoms with E-state index in [1.807, 2.05) is 37.3 Å². The third kappa shape index (κ3) is 2.16. The van der Waals surface area contributed by atoms with Crippen LogP contribution in [0.4, 0.5) is 0 Å². The Morgan fingerprint density at radius 1 is 1.14 bits per heavy atom. The van der Waals surface area contributed by atoms with Crippen LogP contribution in [0, 0.1) is 5.92 Å². The summed E-state index contributed by atoms with van der Waals surface area (Å²) in [5, 5.41) is 10.4. The molecule has 0 aliphatic heterocycles. The Morgan fingerprint density at radius 2 is 1.64 bits per heavy atom. The summed E-state index contributed by atoms with van der Waals surface area (Å²) < 4.78 is 0. The van der Waals surface area contributed by atoms with Crippen molar-refractivity contribution in [3.63, 3.8) is 0 Å². The molecule has 0 aliphatic rings. The molecule has 1 N–H and O–H groups in total. The molecule has 14 heavy (non-hydrogen) atoms. The number of hydrogen-bond acceptors (Lipinski definition) is 1. The third-order valence-electron chi connectivity index (χ3n) is 3.14. The average Bonchev–Trinajstić information content (AvgIpc) is 2.20. The van der Waals surface area contributed by atoms with Gasteiger partial charge < -0.3 is 5.11 Å². The Balaban J connectivity index is 2.94. The first-order valence-electron chi connectivity index (χ1n) is 5.40. The third-order valence-corrected chi connectivity index (χ3v) is 3.14.